The van der Waals surface area contributed by atoms with Crippen LogP contribution in [0.4, 0.5) is 0 Å². The summed E-state index contributed by atoms with van der Waals surface area (Å²) >= 11 is 1.44. The monoisotopic (exact) mass is 386 g/mol. The van der Waals surface area contributed by atoms with Gasteiger partial charge in [-0.05, 0) is 35.4 Å². The molecule has 2 amide bonds. The van der Waals surface area contributed by atoms with Gasteiger partial charge in [-0.3, -0.25) is 14.7 Å². The first-order valence-corrected chi connectivity index (χ1v) is 9.27. The molecule has 1 N–H and O–H groups in total. The van der Waals surface area contributed by atoms with Gasteiger partial charge in [-0.25, -0.2) is 0 Å². The minimum atomic E-state index is -0.134. The lowest BCUT2D eigenvalue weighted by Crippen LogP contribution is -2.30. The van der Waals surface area contributed by atoms with Crippen LogP contribution in [0.1, 0.15) is 43.8 Å². The van der Waals surface area contributed by atoms with Gasteiger partial charge in [-0.15, -0.1) is 16.4 Å². The highest BCUT2D eigenvalue weighted by Crippen LogP contribution is 2.37. The molecule has 4 rings (SSSR count). The molecule has 0 bridgehead atoms. The van der Waals surface area contributed by atoms with Gasteiger partial charge < -0.3 is 9.80 Å². The summed E-state index contributed by atoms with van der Waals surface area (Å²) in [7, 11) is 3.46. The Hall–Kier alpha value is -3.08. The number of aromatic nitrogens is 6. The number of hydrogen-bond acceptors (Lipinski definition) is 7. The van der Waals surface area contributed by atoms with Gasteiger partial charge in [0.05, 0.1) is 17.1 Å². The second-order valence-corrected chi connectivity index (χ2v) is 7.56. The highest BCUT2D eigenvalue weighted by molar-refractivity contribution is 7.14. The first kappa shape index (κ1) is 17.3. The van der Waals surface area contributed by atoms with E-state index in [0.29, 0.717) is 22.8 Å². The second-order valence-electron chi connectivity index (χ2n) is 6.44. The van der Waals surface area contributed by atoms with Gasteiger partial charge in [0.1, 0.15) is 11.9 Å². The Bertz CT molecular complexity index is 961. The van der Waals surface area contributed by atoms with Crippen molar-refractivity contribution in [2.45, 2.75) is 18.9 Å². The number of likely N-dealkylation sites (tertiary alicyclic amines) is 1. The molecule has 0 radical (unpaired) electrons. The Morgan fingerprint density at radius 3 is 2.93 bits per heavy atom. The summed E-state index contributed by atoms with van der Waals surface area (Å²) in [5.74, 6) is 0.272. The van der Waals surface area contributed by atoms with Crippen LogP contribution in [0.5, 0.6) is 0 Å². The second kappa shape index (κ2) is 6.91. The largest absolute Gasteiger partial charge is 0.344 e. The first-order valence-electron chi connectivity index (χ1n) is 8.45. The molecule has 1 atom stereocenters. The Morgan fingerprint density at radius 1 is 1.33 bits per heavy atom. The quantitative estimate of drug-likeness (QED) is 0.719. The summed E-state index contributed by atoms with van der Waals surface area (Å²) in [4.78, 5) is 30.4. The number of amides is 2. The average Bonchev–Trinajstić information content (AvgIpc) is 3.46. The topological polar surface area (TPSA) is 113 Å². The Morgan fingerprint density at radius 2 is 2.19 bits per heavy atom. The van der Waals surface area contributed by atoms with Crippen LogP contribution >= 0.6 is 11.3 Å². The van der Waals surface area contributed by atoms with Crippen molar-refractivity contribution in [3.63, 3.8) is 0 Å². The molecule has 4 heterocycles. The fourth-order valence-corrected chi connectivity index (χ4v) is 4.38. The smallest absolute Gasteiger partial charge is 0.263 e. The molecule has 10 nitrogen and oxygen atoms in total. The van der Waals surface area contributed by atoms with Gasteiger partial charge in [0.25, 0.3) is 11.8 Å². The van der Waals surface area contributed by atoms with E-state index in [4.69, 9.17) is 0 Å². The molecule has 11 heteroatoms. The lowest BCUT2D eigenvalue weighted by Gasteiger charge is -2.23. The normalized spacial score (nSPS) is 16.7. The van der Waals surface area contributed by atoms with Gasteiger partial charge in [0.15, 0.2) is 5.82 Å². The van der Waals surface area contributed by atoms with E-state index in [2.05, 4.69) is 25.7 Å². The van der Waals surface area contributed by atoms with Gasteiger partial charge in [0.2, 0.25) is 0 Å². The van der Waals surface area contributed by atoms with E-state index in [-0.39, 0.29) is 17.9 Å². The van der Waals surface area contributed by atoms with Crippen molar-refractivity contribution in [3.8, 4) is 5.82 Å². The van der Waals surface area contributed by atoms with E-state index < -0.39 is 0 Å². The maximum Gasteiger partial charge on any atom is 0.263 e. The van der Waals surface area contributed by atoms with Crippen LogP contribution in [0.15, 0.2) is 24.7 Å². The average molecular weight is 386 g/mol. The van der Waals surface area contributed by atoms with E-state index in [1.165, 1.54) is 28.5 Å². The highest BCUT2D eigenvalue weighted by Gasteiger charge is 2.34. The molecule has 1 aliphatic rings. The predicted octanol–water partition coefficient (Wildman–Crippen LogP) is 1.13. The standard InChI is InChI=1S/C16H18N8O2S/c1-22(2)16(26)13-6-5-12(27-13)11-4-3-7-23(11)15(25)10-8-17-19-14(10)24-9-18-20-21-24/h5-6,8-9,11H,3-4,7H2,1-2H3,(H,17,19)/t11-/m1/s1. The summed E-state index contributed by atoms with van der Waals surface area (Å²) in [6, 6.07) is 3.71. The zero-order valence-electron chi connectivity index (χ0n) is 14.9. The van der Waals surface area contributed by atoms with Crippen molar-refractivity contribution in [1.29, 1.82) is 0 Å². The van der Waals surface area contributed by atoms with Crippen LogP contribution in [0, 0.1) is 0 Å². The zero-order chi connectivity index (χ0) is 19.0. The molecule has 0 aromatic carbocycles. The van der Waals surface area contributed by atoms with Crippen LogP contribution in [-0.2, 0) is 0 Å². The summed E-state index contributed by atoms with van der Waals surface area (Å²) in [5.41, 5.74) is 0.412. The number of thiophene rings is 1. The molecule has 3 aromatic heterocycles. The maximum absolute atomic E-state index is 13.2. The van der Waals surface area contributed by atoms with Crippen molar-refractivity contribution < 1.29 is 9.59 Å². The Labute approximate surface area is 158 Å². The summed E-state index contributed by atoms with van der Waals surface area (Å²) in [6.07, 6.45) is 4.66. The number of aromatic amines is 1. The van der Waals surface area contributed by atoms with E-state index >= 15 is 0 Å². The highest BCUT2D eigenvalue weighted by atomic mass is 32.1. The van der Waals surface area contributed by atoms with Crippen molar-refractivity contribution in [3.05, 3.63) is 40.0 Å². The number of H-pyrrole nitrogens is 1. The number of tetrazole rings is 1. The van der Waals surface area contributed by atoms with Gasteiger partial charge >= 0.3 is 0 Å². The fraction of sp³-hybridized carbons (Fsp3) is 0.375. The summed E-state index contributed by atoms with van der Waals surface area (Å²) in [5, 5.41) is 17.8. The lowest BCUT2D eigenvalue weighted by atomic mass is 10.1. The fourth-order valence-electron chi connectivity index (χ4n) is 3.20. The van der Waals surface area contributed by atoms with Crippen LogP contribution in [-0.4, -0.2) is 72.7 Å². The molecule has 1 saturated heterocycles. The minimum Gasteiger partial charge on any atom is -0.344 e. The van der Waals surface area contributed by atoms with Crippen LogP contribution in [0.3, 0.4) is 0 Å². The van der Waals surface area contributed by atoms with Crippen LogP contribution in [0.2, 0.25) is 0 Å². The van der Waals surface area contributed by atoms with E-state index in [1.54, 1.807) is 19.0 Å². The summed E-state index contributed by atoms with van der Waals surface area (Å²) < 4.78 is 1.38. The molecule has 1 fully saturated rings. The molecule has 0 spiro atoms. The molecular weight excluding hydrogens is 368 g/mol. The maximum atomic E-state index is 13.2. The number of nitrogens with zero attached hydrogens (tertiary/aromatic N) is 7. The van der Waals surface area contributed by atoms with Crippen molar-refractivity contribution in [2.75, 3.05) is 20.6 Å². The molecule has 1 aliphatic heterocycles. The Kier molecular flexibility index (Phi) is 4.44. The lowest BCUT2D eigenvalue weighted by molar-refractivity contribution is 0.0737. The molecule has 0 unspecified atom stereocenters. The van der Waals surface area contributed by atoms with Crippen LogP contribution < -0.4 is 0 Å². The molecule has 27 heavy (non-hydrogen) atoms. The Balaban J connectivity index is 1.60. The first-order chi connectivity index (χ1) is 13.1. The van der Waals surface area contributed by atoms with E-state index in [0.717, 1.165) is 17.7 Å². The predicted molar refractivity (Wildman–Crippen MR) is 96.6 cm³/mol. The number of rotatable bonds is 4. The third kappa shape index (κ3) is 3.10. The number of carbonyl (C=O) groups excluding carboxylic acids is 2. The third-order valence-corrected chi connectivity index (χ3v) is 5.69. The molecule has 140 valence electrons. The van der Waals surface area contributed by atoms with E-state index in [1.807, 2.05) is 17.0 Å². The number of hydrogen-bond donors (Lipinski definition) is 1. The minimum absolute atomic E-state index is 0.0297. The molecular formula is C16H18N8O2S. The van der Waals surface area contributed by atoms with Gasteiger partial charge in [0, 0.05) is 25.5 Å². The molecule has 0 saturated carbocycles. The number of carbonyl (C=O) groups is 2. The van der Waals surface area contributed by atoms with Gasteiger partial charge in [-0.1, -0.05) is 0 Å². The van der Waals surface area contributed by atoms with Gasteiger partial charge in [-0.2, -0.15) is 9.78 Å². The zero-order valence-corrected chi connectivity index (χ0v) is 15.7. The van der Waals surface area contributed by atoms with Crippen molar-refractivity contribution in [1.82, 2.24) is 40.2 Å². The molecule has 0 aliphatic carbocycles. The van der Waals surface area contributed by atoms with Crippen molar-refractivity contribution in [2.24, 2.45) is 0 Å². The van der Waals surface area contributed by atoms with Crippen LogP contribution in [0.25, 0.3) is 5.82 Å². The molecule has 3 aromatic rings. The summed E-state index contributed by atoms with van der Waals surface area (Å²) in [6.45, 7) is 0.651. The number of nitrogens with one attached hydrogen (secondary N) is 1. The van der Waals surface area contributed by atoms with Crippen molar-refractivity contribution >= 4 is 23.2 Å². The third-order valence-electron chi connectivity index (χ3n) is 4.51. The SMILES string of the molecule is CN(C)C(=O)c1ccc([C@H]2CCCN2C(=O)c2cn[nH]c2-n2cnnn2)s1. The van der Waals surface area contributed by atoms with E-state index in [9.17, 15) is 9.59 Å².